The lowest BCUT2D eigenvalue weighted by Gasteiger charge is -2.29. The molecule has 26 heavy (non-hydrogen) atoms. The van der Waals surface area contributed by atoms with Crippen LogP contribution in [0.15, 0.2) is 54.6 Å². The Morgan fingerprint density at radius 2 is 1.81 bits per heavy atom. The summed E-state index contributed by atoms with van der Waals surface area (Å²) in [4.78, 5) is 15.4. The molecule has 2 heterocycles. The molecule has 0 spiro atoms. The van der Waals surface area contributed by atoms with Gasteiger partial charge in [-0.3, -0.25) is 4.79 Å². The van der Waals surface area contributed by atoms with Crippen molar-refractivity contribution in [3.63, 3.8) is 0 Å². The predicted octanol–water partition coefficient (Wildman–Crippen LogP) is 4.07. The lowest BCUT2D eigenvalue weighted by Crippen LogP contribution is -2.36. The second-order valence-electron chi connectivity index (χ2n) is 6.85. The summed E-state index contributed by atoms with van der Waals surface area (Å²) in [6.45, 7) is 1.93. The Labute approximate surface area is 157 Å². The molecule has 4 rings (SSSR count). The van der Waals surface area contributed by atoms with E-state index in [1.54, 1.807) is 0 Å². The molecule has 0 saturated carbocycles. The minimum absolute atomic E-state index is 0.00480. The third kappa shape index (κ3) is 3.50. The number of likely N-dealkylation sites (tertiary alicyclic amines) is 1. The van der Waals surface area contributed by atoms with Gasteiger partial charge >= 0.3 is 5.97 Å². The number of hydrogen-bond donors (Lipinski definition) is 0. The Kier molecular flexibility index (Phi) is 5.00. The first-order chi connectivity index (χ1) is 12.7. The van der Waals surface area contributed by atoms with Crippen LogP contribution in [0.2, 0.25) is 0 Å². The van der Waals surface area contributed by atoms with Crippen molar-refractivity contribution in [2.75, 3.05) is 20.1 Å². The predicted molar refractivity (Wildman–Crippen MR) is 105 cm³/mol. The Bertz CT molecular complexity index is 885. The van der Waals surface area contributed by atoms with Crippen LogP contribution in [-0.4, -0.2) is 41.5 Å². The molecule has 1 aromatic heterocycles. The highest BCUT2D eigenvalue weighted by Gasteiger charge is 2.31. The normalized spacial score (nSPS) is 17.3. The van der Waals surface area contributed by atoms with E-state index in [9.17, 15) is 4.79 Å². The molecule has 0 radical (unpaired) electrons. The van der Waals surface area contributed by atoms with E-state index >= 15 is 0 Å². The topological polar surface area (TPSA) is 42.4 Å². The molecule has 2 aromatic carbocycles. The van der Waals surface area contributed by atoms with E-state index in [2.05, 4.69) is 16.3 Å². The molecule has 134 valence electrons. The van der Waals surface area contributed by atoms with Gasteiger partial charge in [0.05, 0.1) is 10.4 Å². The van der Waals surface area contributed by atoms with Crippen molar-refractivity contribution in [2.45, 2.75) is 24.9 Å². The number of carbonyl (C=O) groups is 1. The average Bonchev–Trinajstić information content (AvgIpc) is 3.09. The summed E-state index contributed by atoms with van der Waals surface area (Å²) in [6, 6.07) is 17.9. The highest BCUT2D eigenvalue weighted by atomic mass is 32.1. The molecule has 0 N–H and O–H groups in total. The van der Waals surface area contributed by atoms with Crippen LogP contribution in [0, 0.1) is 0 Å². The number of esters is 1. The first kappa shape index (κ1) is 17.2. The summed E-state index contributed by atoms with van der Waals surface area (Å²) in [5.74, 6) is -0.672. The Morgan fingerprint density at radius 1 is 1.12 bits per heavy atom. The van der Waals surface area contributed by atoms with Gasteiger partial charge in [-0.25, -0.2) is 0 Å². The minimum Gasteiger partial charge on any atom is -0.462 e. The van der Waals surface area contributed by atoms with Crippen molar-refractivity contribution < 1.29 is 9.53 Å². The number of hydrogen-bond acceptors (Lipinski definition) is 5. The zero-order chi connectivity index (χ0) is 17.9. The highest BCUT2D eigenvalue weighted by Crippen LogP contribution is 2.34. The second-order valence-corrected chi connectivity index (χ2v) is 7.65. The minimum atomic E-state index is -0.480. The standard InChI is InChI=1S/C21H22N2O2S/c1-23-13-11-16(12-14-23)25-21(24)19(15-7-3-2-4-8-15)20-17-9-5-6-10-18(17)26-22-20/h2-10,16,19H,11-14H2,1H3. The van der Waals surface area contributed by atoms with Gasteiger partial charge in [-0.1, -0.05) is 48.5 Å². The zero-order valence-corrected chi connectivity index (χ0v) is 15.6. The zero-order valence-electron chi connectivity index (χ0n) is 14.8. The van der Waals surface area contributed by atoms with Crippen molar-refractivity contribution >= 4 is 27.6 Å². The Morgan fingerprint density at radius 3 is 2.58 bits per heavy atom. The second kappa shape index (κ2) is 7.56. The summed E-state index contributed by atoms with van der Waals surface area (Å²) in [7, 11) is 2.10. The highest BCUT2D eigenvalue weighted by molar-refractivity contribution is 7.13. The fraction of sp³-hybridized carbons (Fsp3) is 0.333. The van der Waals surface area contributed by atoms with Crippen LogP contribution in [0.3, 0.4) is 0 Å². The largest absolute Gasteiger partial charge is 0.462 e. The van der Waals surface area contributed by atoms with Crippen LogP contribution in [0.1, 0.15) is 30.0 Å². The van der Waals surface area contributed by atoms with Crippen molar-refractivity contribution in [3.05, 3.63) is 65.9 Å². The molecule has 0 bridgehead atoms. The molecular formula is C21H22N2O2S. The molecule has 1 aliphatic heterocycles. The number of benzene rings is 2. The number of carbonyl (C=O) groups excluding carboxylic acids is 1. The van der Waals surface area contributed by atoms with Gasteiger partial charge in [-0.05, 0) is 43.1 Å². The number of nitrogens with zero attached hydrogens (tertiary/aromatic N) is 2. The Balaban J connectivity index is 1.66. The fourth-order valence-electron chi connectivity index (χ4n) is 3.50. The quantitative estimate of drug-likeness (QED) is 0.653. The lowest BCUT2D eigenvalue weighted by molar-refractivity contribution is -0.151. The average molecular weight is 366 g/mol. The molecule has 0 aliphatic carbocycles. The Hall–Kier alpha value is -2.24. The molecule has 3 aromatic rings. The van der Waals surface area contributed by atoms with Crippen LogP contribution in [0.5, 0.6) is 0 Å². The molecular weight excluding hydrogens is 344 g/mol. The molecule has 1 fully saturated rings. The van der Waals surface area contributed by atoms with Crippen molar-refractivity contribution in [1.82, 2.24) is 9.27 Å². The van der Waals surface area contributed by atoms with Gasteiger partial charge in [0.15, 0.2) is 0 Å². The summed E-state index contributed by atoms with van der Waals surface area (Å²) in [5.41, 5.74) is 1.73. The fourth-order valence-corrected chi connectivity index (χ4v) is 4.31. The van der Waals surface area contributed by atoms with Crippen molar-refractivity contribution in [3.8, 4) is 0 Å². The number of fused-ring (bicyclic) bond motifs is 1. The number of ether oxygens (including phenoxy) is 1. The molecule has 1 aliphatic rings. The van der Waals surface area contributed by atoms with E-state index in [4.69, 9.17) is 4.74 Å². The van der Waals surface area contributed by atoms with Gasteiger partial charge in [0, 0.05) is 18.5 Å². The van der Waals surface area contributed by atoms with Crippen LogP contribution in [0.25, 0.3) is 10.1 Å². The van der Waals surface area contributed by atoms with Gasteiger partial charge in [-0.2, -0.15) is 4.37 Å². The summed E-state index contributed by atoms with van der Waals surface area (Å²) >= 11 is 1.44. The van der Waals surface area contributed by atoms with Crippen molar-refractivity contribution in [2.24, 2.45) is 0 Å². The van der Waals surface area contributed by atoms with Crippen LogP contribution >= 0.6 is 11.5 Å². The van der Waals surface area contributed by atoms with E-state index in [-0.39, 0.29) is 12.1 Å². The molecule has 1 atom stereocenters. The third-order valence-electron chi connectivity index (χ3n) is 5.00. The van der Waals surface area contributed by atoms with Gasteiger partial charge in [0.2, 0.25) is 0 Å². The smallest absolute Gasteiger partial charge is 0.319 e. The van der Waals surface area contributed by atoms with Gasteiger partial charge in [-0.15, -0.1) is 0 Å². The van der Waals surface area contributed by atoms with Crippen molar-refractivity contribution in [1.29, 1.82) is 0 Å². The molecule has 1 unspecified atom stereocenters. The molecule has 0 amide bonds. The maximum absolute atomic E-state index is 13.2. The lowest BCUT2D eigenvalue weighted by atomic mass is 9.93. The summed E-state index contributed by atoms with van der Waals surface area (Å²) < 4.78 is 11.7. The van der Waals surface area contributed by atoms with E-state index < -0.39 is 5.92 Å². The first-order valence-electron chi connectivity index (χ1n) is 9.00. The van der Waals surface area contributed by atoms with E-state index in [0.29, 0.717) is 0 Å². The number of rotatable bonds is 4. The summed E-state index contributed by atoms with van der Waals surface area (Å²) in [6.07, 6.45) is 1.78. The maximum Gasteiger partial charge on any atom is 0.319 e. The van der Waals surface area contributed by atoms with Crippen LogP contribution < -0.4 is 0 Å². The SMILES string of the molecule is CN1CCC(OC(=O)C(c2ccccc2)c2nsc3ccccc23)CC1. The van der Waals surface area contributed by atoms with Gasteiger partial charge in [0.1, 0.15) is 12.0 Å². The third-order valence-corrected chi connectivity index (χ3v) is 5.84. The van der Waals surface area contributed by atoms with Gasteiger partial charge < -0.3 is 9.64 Å². The van der Waals surface area contributed by atoms with Crippen LogP contribution in [0.4, 0.5) is 0 Å². The molecule has 4 nitrogen and oxygen atoms in total. The monoisotopic (exact) mass is 366 g/mol. The maximum atomic E-state index is 13.2. The van der Waals surface area contributed by atoms with E-state index in [1.807, 2.05) is 54.6 Å². The number of piperidine rings is 1. The van der Waals surface area contributed by atoms with Crippen LogP contribution in [-0.2, 0) is 9.53 Å². The van der Waals surface area contributed by atoms with Gasteiger partial charge in [0.25, 0.3) is 0 Å². The van der Waals surface area contributed by atoms with E-state index in [1.165, 1.54) is 11.5 Å². The summed E-state index contributed by atoms with van der Waals surface area (Å²) in [5, 5.41) is 1.03. The number of aromatic nitrogens is 1. The first-order valence-corrected chi connectivity index (χ1v) is 9.78. The van der Waals surface area contributed by atoms with E-state index in [0.717, 1.165) is 47.3 Å². The molecule has 1 saturated heterocycles. The molecule has 5 heteroatoms.